The summed E-state index contributed by atoms with van der Waals surface area (Å²) in [6.07, 6.45) is 3.48. The predicted molar refractivity (Wildman–Crippen MR) is 118 cm³/mol. The van der Waals surface area contributed by atoms with Crippen LogP contribution in [0.4, 0.5) is 0 Å². The number of hydrogen-bond donors (Lipinski definition) is 3. The Morgan fingerprint density at radius 2 is 1.93 bits per heavy atom. The highest BCUT2D eigenvalue weighted by atomic mass is 35.5. The van der Waals surface area contributed by atoms with Crippen molar-refractivity contribution in [1.82, 2.24) is 19.8 Å². The van der Waals surface area contributed by atoms with Crippen molar-refractivity contribution in [2.45, 2.75) is 20.4 Å². The van der Waals surface area contributed by atoms with Gasteiger partial charge < -0.3 is 15.5 Å². The zero-order chi connectivity index (χ0) is 21.8. The van der Waals surface area contributed by atoms with Crippen LogP contribution in [0.25, 0.3) is 10.9 Å². The number of rotatable bonds is 7. The van der Waals surface area contributed by atoms with E-state index in [1.165, 1.54) is 7.05 Å². The van der Waals surface area contributed by atoms with Crippen LogP contribution >= 0.6 is 11.6 Å². The molecule has 0 saturated heterocycles. The number of fused-ring (bicyclic) bond motifs is 1. The summed E-state index contributed by atoms with van der Waals surface area (Å²) in [6, 6.07) is 7.05. The molecule has 0 fully saturated rings. The average molecular weight is 429 g/mol. The molecule has 3 aromatic rings. The van der Waals surface area contributed by atoms with E-state index < -0.39 is 5.91 Å². The third-order valence-electron chi connectivity index (χ3n) is 4.86. The number of pyridine rings is 1. The first kappa shape index (κ1) is 21.6. The first-order chi connectivity index (χ1) is 14.3. The van der Waals surface area contributed by atoms with Crippen molar-refractivity contribution < 1.29 is 9.53 Å². The van der Waals surface area contributed by atoms with Crippen LogP contribution < -0.4 is 10.5 Å². The summed E-state index contributed by atoms with van der Waals surface area (Å²) in [7, 11) is 1.44. The molecular weight excluding hydrogens is 404 g/mol. The SMILES string of the molecule is CCN(CC)Cc1cncc(Oc2cc(Cl)c3cc(C(=O)N(C)C(=N)N)[nH]c3c2)c1. The number of H-pyrrole nitrogens is 1. The highest BCUT2D eigenvalue weighted by molar-refractivity contribution is 6.35. The van der Waals surface area contributed by atoms with Crippen LogP contribution in [-0.4, -0.2) is 51.8 Å². The number of carbonyl (C=O) groups is 1. The van der Waals surface area contributed by atoms with Crippen LogP contribution in [0.1, 0.15) is 29.9 Å². The molecule has 0 saturated carbocycles. The largest absolute Gasteiger partial charge is 0.456 e. The van der Waals surface area contributed by atoms with Crippen LogP contribution in [0.5, 0.6) is 11.5 Å². The summed E-state index contributed by atoms with van der Waals surface area (Å²) in [5.74, 6) is 0.362. The molecule has 2 aromatic heterocycles. The number of amides is 1. The fourth-order valence-corrected chi connectivity index (χ4v) is 3.34. The Morgan fingerprint density at radius 3 is 2.60 bits per heavy atom. The Kier molecular flexibility index (Phi) is 6.59. The second-order valence-corrected chi connectivity index (χ2v) is 7.30. The lowest BCUT2D eigenvalue weighted by Crippen LogP contribution is -2.38. The zero-order valence-electron chi connectivity index (χ0n) is 17.2. The number of guanidine groups is 1. The minimum Gasteiger partial charge on any atom is -0.456 e. The molecule has 4 N–H and O–H groups in total. The van der Waals surface area contributed by atoms with Gasteiger partial charge in [-0.25, -0.2) is 0 Å². The number of aromatic amines is 1. The van der Waals surface area contributed by atoms with E-state index in [4.69, 9.17) is 27.5 Å². The summed E-state index contributed by atoms with van der Waals surface area (Å²) in [4.78, 5) is 23.0. The molecule has 3 rings (SSSR count). The van der Waals surface area contributed by atoms with E-state index in [1.807, 2.05) is 12.3 Å². The highest BCUT2D eigenvalue weighted by Gasteiger charge is 2.18. The van der Waals surface area contributed by atoms with Gasteiger partial charge in [-0.15, -0.1) is 0 Å². The lowest BCUT2D eigenvalue weighted by molar-refractivity contribution is 0.0864. The Morgan fingerprint density at radius 1 is 1.20 bits per heavy atom. The van der Waals surface area contributed by atoms with Crippen LogP contribution in [0.2, 0.25) is 5.02 Å². The molecule has 9 heteroatoms. The summed E-state index contributed by atoms with van der Waals surface area (Å²) in [5, 5.41) is 8.53. The van der Waals surface area contributed by atoms with E-state index in [0.717, 1.165) is 30.1 Å². The molecule has 1 amide bonds. The molecule has 0 atom stereocenters. The van der Waals surface area contributed by atoms with Gasteiger partial charge in [-0.05, 0) is 30.8 Å². The quantitative estimate of drug-likeness (QED) is 0.391. The molecule has 0 unspecified atom stereocenters. The van der Waals surface area contributed by atoms with Gasteiger partial charge in [0.05, 0.1) is 16.7 Å². The van der Waals surface area contributed by atoms with Crippen LogP contribution in [0, 0.1) is 5.41 Å². The number of benzene rings is 1. The van der Waals surface area contributed by atoms with Gasteiger partial charge in [0, 0.05) is 37.3 Å². The molecule has 0 aliphatic heterocycles. The number of aromatic nitrogens is 2. The second-order valence-electron chi connectivity index (χ2n) is 6.89. The van der Waals surface area contributed by atoms with Crippen LogP contribution in [0.3, 0.4) is 0 Å². The first-order valence-electron chi connectivity index (χ1n) is 9.60. The molecule has 0 aliphatic rings. The summed E-state index contributed by atoms with van der Waals surface area (Å²) >= 11 is 6.41. The molecule has 8 nitrogen and oxygen atoms in total. The Hall–Kier alpha value is -3.10. The van der Waals surface area contributed by atoms with Crippen LogP contribution in [-0.2, 0) is 6.54 Å². The Bertz CT molecular complexity index is 1080. The number of nitrogens with zero attached hydrogens (tertiary/aromatic N) is 3. The van der Waals surface area contributed by atoms with Crippen LogP contribution in [0.15, 0.2) is 36.7 Å². The standard InChI is InChI=1S/C21H25ClN6O2/c1-4-28(5-2)12-13-6-15(11-25-10-13)30-14-7-17(22)16-9-19(26-18(16)8-14)20(29)27(3)21(23)24/h6-11,26H,4-5,12H2,1-3H3,(H3,23,24). The van der Waals surface area contributed by atoms with E-state index in [-0.39, 0.29) is 11.7 Å². The van der Waals surface area contributed by atoms with Crippen molar-refractivity contribution >= 4 is 34.4 Å². The first-order valence-corrected chi connectivity index (χ1v) is 9.98. The lowest BCUT2D eigenvalue weighted by Gasteiger charge is -2.18. The maximum Gasteiger partial charge on any atom is 0.276 e. The van der Waals surface area contributed by atoms with Gasteiger partial charge >= 0.3 is 0 Å². The Balaban J connectivity index is 1.85. The molecule has 30 heavy (non-hydrogen) atoms. The van der Waals surface area contributed by atoms with Gasteiger partial charge in [0.15, 0.2) is 5.96 Å². The van der Waals surface area contributed by atoms with E-state index in [9.17, 15) is 4.79 Å². The van der Waals surface area contributed by atoms with E-state index in [2.05, 4.69) is 28.7 Å². The monoisotopic (exact) mass is 428 g/mol. The highest BCUT2D eigenvalue weighted by Crippen LogP contribution is 2.32. The van der Waals surface area contributed by atoms with Crippen molar-refractivity contribution in [3.8, 4) is 11.5 Å². The van der Waals surface area contributed by atoms with Crippen molar-refractivity contribution in [3.63, 3.8) is 0 Å². The summed E-state index contributed by atoms with van der Waals surface area (Å²) < 4.78 is 5.98. The normalized spacial score (nSPS) is 11.1. The molecule has 1 aromatic carbocycles. The van der Waals surface area contributed by atoms with Crippen molar-refractivity contribution in [1.29, 1.82) is 5.41 Å². The third-order valence-corrected chi connectivity index (χ3v) is 5.18. The minimum absolute atomic E-state index is 0.282. The average Bonchev–Trinajstić information content (AvgIpc) is 3.16. The maximum absolute atomic E-state index is 12.4. The topological polar surface area (TPSA) is 111 Å². The zero-order valence-corrected chi connectivity index (χ0v) is 18.0. The van der Waals surface area contributed by atoms with Gasteiger partial charge in [-0.3, -0.25) is 25.0 Å². The molecule has 2 heterocycles. The van der Waals surface area contributed by atoms with Gasteiger partial charge in [-0.2, -0.15) is 0 Å². The van der Waals surface area contributed by atoms with Gasteiger partial charge in [0.2, 0.25) is 0 Å². The molecule has 0 aliphatic carbocycles. The van der Waals surface area contributed by atoms with Gasteiger partial charge in [-0.1, -0.05) is 25.4 Å². The van der Waals surface area contributed by atoms with Crippen molar-refractivity contribution in [2.75, 3.05) is 20.1 Å². The number of ether oxygens (including phenoxy) is 1. The number of carbonyl (C=O) groups excluding carboxylic acids is 1. The Labute approximate surface area is 180 Å². The maximum atomic E-state index is 12.4. The predicted octanol–water partition coefficient (Wildman–Crippen LogP) is 3.82. The number of nitrogens with two attached hydrogens (primary N) is 1. The van der Waals surface area contributed by atoms with Crippen molar-refractivity contribution in [2.24, 2.45) is 5.73 Å². The third kappa shape index (κ3) is 4.72. The summed E-state index contributed by atoms with van der Waals surface area (Å²) in [6.45, 7) is 6.96. The van der Waals surface area contributed by atoms with Gasteiger partial charge in [0.1, 0.15) is 17.2 Å². The number of halogens is 1. The molecule has 0 spiro atoms. The molecule has 0 radical (unpaired) electrons. The molecule has 158 valence electrons. The molecular formula is C21H25ClN6O2. The fourth-order valence-electron chi connectivity index (χ4n) is 3.08. The number of hydrogen-bond acceptors (Lipinski definition) is 5. The molecule has 0 bridgehead atoms. The fraction of sp³-hybridized carbons (Fsp3) is 0.286. The summed E-state index contributed by atoms with van der Waals surface area (Å²) in [5.41, 5.74) is 7.37. The number of nitrogens with one attached hydrogen (secondary N) is 2. The van der Waals surface area contributed by atoms with Crippen molar-refractivity contribution in [3.05, 3.63) is 52.9 Å². The smallest absolute Gasteiger partial charge is 0.276 e. The minimum atomic E-state index is -0.425. The van der Waals surface area contributed by atoms with Gasteiger partial charge in [0.25, 0.3) is 5.91 Å². The van der Waals surface area contributed by atoms with E-state index >= 15 is 0 Å². The second kappa shape index (κ2) is 9.15. The van der Waals surface area contributed by atoms with E-state index in [0.29, 0.717) is 27.4 Å². The lowest BCUT2D eigenvalue weighted by atomic mass is 10.2. The van der Waals surface area contributed by atoms with E-state index in [1.54, 1.807) is 24.4 Å².